The first kappa shape index (κ1) is 26.3. The maximum absolute atomic E-state index is 14.2. The lowest BCUT2D eigenvalue weighted by Gasteiger charge is -2.24. The minimum absolute atomic E-state index is 0.480. The van der Waals surface area contributed by atoms with Crippen LogP contribution in [0.25, 0.3) is 0 Å². The minimum atomic E-state index is -1.23. The van der Waals surface area contributed by atoms with Gasteiger partial charge in [0.15, 0.2) is 0 Å². The molecular formula is C24H24F2N4O6. The molecular weight excluding hydrogens is 478 g/mol. The van der Waals surface area contributed by atoms with Crippen molar-refractivity contribution in [3.8, 4) is 0 Å². The Bertz CT molecular complexity index is 1380. The van der Waals surface area contributed by atoms with Crippen LogP contribution in [0.15, 0.2) is 64.3 Å². The zero-order valence-electron chi connectivity index (χ0n) is 19.7. The number of halogens is 2. The second-order valence-corrected chi connectivity index (χ2v) is 8.91. The molecule has 0 radical (unpaired) electrons. The van der Waals surface area contributed by atoms with Crippen molar-refractivity contribution in [1.82, 2.24) is 14.5 Å². The molecule has 0 aliphatic carbocycles. The lowest BCUT2D eigenvalue weighted by Crippen LogP contribution is -2.45. The third kappa shape index (κ3) is 6.20. The van der Waals surface area contributed by atoms with Gasteiger partial charge in [-0.25, -0.2) is 18.4 Å². The highest BCUT2D eigenvalue weighted by atomic mass is 19.1. The van der Waals surface area contributed by atoms with E-state index in [1.54, 1.807) is 51.1 Å². The summed E-state index contributed by atoms with van der Waals surface area (Å²) in [4.78, 5) is 49.1. The quantitative estimate of drug-likeness (QED) is 0.389. The summed E-state index contributed by atoms with van der Waals surface area (Å²) in [5.41, 5.74) is -4.14. The van der Waals surface area contributed by atoms with Crippen LogP contribution in [0.4, 0.5) is 19.3 Å². The first-order valence-electron chi connectivity index (χ1n) is 10.8. The van der Waals surface area contributed by atoms with Gasteiger partial charge in [-0.15, -0.1) is 0 Å². The van der Waals surface area contributed by atoms with Gasteiger partial charge in [0.25, 0.3) is 0 Å². The summed E-state index contributed by atoms with van der Waals surface area (Å²) >= 11 is 0. The van der Waals surface area contributed by atoms with E-state index in [4.69, 9.17) is 4.74 Å². The number of rotatable bonds is 7. The van der Waals surface area contributed by atoms with Crippen LogP contribution in [0.2, 0.25) is 0 Å². The molecule has 0 saturated heterocycles. The van der Waals surface area contributed by atoms with Crippen LogP contribution in [-0.2, 0) is 17.8 Å². The van der Waals surface area contributed by atoms with Crippen molar-refractivity contribution in [3.63, 3.8) is 0 Å². The van der Waals surface area contributed by atoms with Gasteiger partial charge in [-0.05, 0) is 38.5 Å². The topological polar surface area (TPSA) is 125 Å². The van der Waals surface area contributed by atoms with Crippen molar-refractivity contribution in [2.75, 3.05) is 0 Å². The fourth-order valence-electron chi connectivity index (χ4n) is 3.44. The Morgan fingerprint density at radius 3 is 2.25 bits per heavy atom. The highest BCUT2D eigenvalue weighted by Crippen LogP contribution is 2.17. The summed E-state index contributed by atoms with van der Waals surface area (Å²) in [6.45, 7) is 3.73. The molecule has 1 unspecified atom stereocenters. The molecule has 1 heterocycles. The molecule has 0 saturated carbocycles. The molecule has 0 fully saturated rings. The lowest BCUT2D eigenvalue weighted by atomic mass is 10.1. The van der Waals surface area contributed by atoms with Gasteiger partial charge in [0.1, 0.15) is 17.2 Å². The van der Waals surface area contributed by atoms with E-state index in [0.717, 1.165) is 18.2 Å². The third-order valence-electron chi connectivity index (χ3n) is 5.06. The number of alkyl carbamates (subject to hydrolysis) is 1. The second kappa shape index (κ2) is 10.5. The van der Waals surface area contributed by atoms with Gasteiger partial charge in [0.05, 0.1) is 30.3 Å². The van der Waals surface area contributed by atoms with Gasteiger partial charge in [0, 0.05) is 5.56 Å². The number of hydrogen-bond acceptors (Lipinski definition) is 6. The number of ether oxygens (including phenoxy) is 1. The van der Waals surface area contributed by atoms with E-state index < -0.39 is 69.9 Å². The highest BCUT2D eigenvalue weighted by Gasteiger charge is 2.26. The van der Waals surface area contributed by atoms with E-state index in [9.17, 15) is 33.3 Å². The number of nitro groups is 1. The molecule has 0 spiro atoms. The van der Waals surface area contributed by atoms with Crippen LogP contribution >= 0.6 is 0 Å². The molecule has 2 aromatic carbocycles. The number of carbonyl (C=O) groups excluding carboxylic acids is 1. The van der Waals surface area contributed by atoms with Gasteiger partial charge < -0.3 is 10.1 Å². The molecule has 190 valence electrons. The summed E-state index contributed by atoms with van der Waals surface area (Å²) < 4.78 is 34.9. The van der Waals surface area contributed by atoms with E-state index >= 15 is 0 Å². The van der Waals surface area contributed by atoms with Crippen LogP contribution < -0.4 is 16.6 Å². The number of hydrogen-bond donors (Lipinski definition) is 1. The SMILES string of the molecule is CC(C)(C)OC(=O)NC(Cn1c(=O)c([N+](=O)[O-])cn(Cc2c(F)cccc2F)c1=O)c1ccccc1. The average Bonchev–Trinajstić information content (AvgIpc) is 2.78. The van der Waals surface area contributed by atoms with E-state index in [1.807, 2.05) is 0 Å². The lowest BCUT2D eigenvalue weighted by molar-refractivity contribution is -0.387. The van der Waals surface area contributed by atoms with Crippen molar-refractivity contribution < 1.29 is 23.2 Å². The highest BCUT2D eigenvalue weighted by molar-refractivity contribution is 5.68. The van der Waals surface area contributed by atoms with Gasteiger partial charge >= 0.3 is 23.0 Å². The van der Waals surface area contributed by atoms with Crippen LogP contribution in [0.1, 0.15) is 37.9 Å². The summed E-state index contributed by atoms with van der Waals surface area (Å²) in [6.07, 6.45) is -0.199. The van der Waals surface area contributed by atoms with Gasteiger partial charge in [-0.3, -0.25) is 24.0 Å². The van der Waals surface area contributed by atoms with E-state index in [2.05, 4.69) is 5.32 Å². The molecule has 36 heavy (non-hydrogen) atoms. The molecule has 12 heteroatoms. The third-order valence-corrected chi connectivity index (χ3v) is 5.06. The molecule has 1 N–H and O–H groups in total. The standard InChI is InChI=1S/C24H24F2N4O6/c1-24(2,3)36-22(32)27-19(15-8-5-4-6-9-15)13-29-21(31)20(30(34)35)14-28(23(29)33)12-16-17(25)10-7-11-18(16)26/h4-11,14,19H,12-13H2,1-3H3,(H,27,32). The van der Waals surface area contributed by atoms with Crippen LogP contribution in [0.3, 0.4) is 0 Å². The Kier molecular flexibility index (Phi) is 7.66. The number of nitrogens with zero attached hydrogens (tertiary/aromatic N) is 3. The van der Waals surface area contributed by atoms with Crippen LogP contribution in [0.5, 0.6) is 0 Å². The van der Waals surface area contributed by atoms with E-state index in [1.165, 1.54) is 0 Å². The second-order valence-electron chi connectivity index (χ2n) is 8.91. The van der Waals surface area contributed by atoms with E-state index in [0.29, 0.717) is 20.9 Å². The van der Waals surface area contributed by atoms with Gasteiger partial charge in [0.2, 0.25) is 0 Å². The monoisotopic (exact) mass is 502 g/mol. The Labute approximate surface area is 203 Å². The van der Waals surface area contributed by atoms with Crippen molar-refractivity contribution in [2.45, 2.75) is 45.5 Å². The normalized spacial score (nSPS) is 12.1. The Balaban J connectivity index is 2.10. The molecule has 0 aliphatic heterocycles. The van der Waals surface area contributed by atoms with Crippen molar-refractivity contribution >= 4 is 11.8 Å². The summed E-state index contributed by atoms with van der Waals surface area (Å²) in [7, 11) is 0. The maximum Gasteiger partial charge on any atom is 0.408 e. The largest absolute Gasteiger partial charge is 0.444 e. The number of aromatic nitrogens is 2. The predicted octanol–water partition coefficient (Wildman–Crippen LogP) is 3.51. The molecule has 1 atom stereocenters. The number of nitrogens with one attached hydrogen (secondary N) is 1. The summed E-state index contributed by atoms with van der Waals surface area (Å²) in [6, 6.07) is 10.4. The van der Waals surface area contributed by atoms with E-state index in [-0.39, 0.29) is 0 Å². The molecule has 1 aromatic heterocycles. The molecule has 0 aliphatic rings. The minimum Gasteiger partial charge on any atom is -0.444 e. The molecule has 3 aromatic rings. The average molecular weight is 502 g/mol. The molecule has 10 nitrogen and oxygen atoms in total. The Morgan fingerprint density at radius 2 is 1.69 bits per heavy atom. The zero-order valence-corrected chi connectivity index (χ0v) is 19.7. The summed E-state index contributed by atoms with van der Waals surface area (Å²) in [5, 5.41) is 14.1. The van der Waals surface area contributed by atoms with Gasteiger partial charge in [-0.2, -0.15) is 0 Å². The fraction of sp³-hybridized carbons (Fsp3) is 0.292. The maximum atomic E-state index is 14.2. The van der Waals surface area contributed by atoms with Gasteiger partial charge in [-0.1, -0.05) is 36.4 Å². The smallest absolute Gasteiger partial charge is 0.408 e. The first-order chi connectivity index (χ1) is 16.9. The molecule has 0 bridgehead atoms. The van der Waals surface area contributed by atoms with Crippen molar-refractivity contribution in [2.24, 2.45) is 0 Å². The van der Waals surface area contributed by atoms with Crippen molar-refractivity contribution in [3.05, 3.63) is 108 Å². The Hall–Kier alpha value is -4.35. The van der Waals surface area contributed by atoms with Crippen LogP contribution in [0, 0.1) is 21.7 Å². The molecule has 1 amide bonds. The van der Waals surface area contributed by atoms with Crippen molar-refractivity contribution in [1.29, 1.82) is 0 Å². The number of benzene rings is 2. The molecule has 3 rings (SSSR count). The summed E-state index contributed by atoms with van der Waals surface area (Å²) in [5.74, 6) is -1.92. The number of amides is 1. The number of carbonyl (C=O) groups is 1. The fourth-order valence-corrected chi connectivity index (χ4v) is 3.44. The predicted molar refractivity (Wildman–Crippen MR) is 126 cm³/mol. The first-order valence-corrected chi connectivity index (χ1v) is 10.8. The Morgan fingerprint density at radius 1 is 1.08 bits per heavy atom. The van der Waals surface area contributed by atoms with Crippen LogP contribution in [-0.4, -0.2) is 25.8 Å². The zero-order chi connectivity index (χ0) is 26.6.